The Bertz CT molecular complexity index is 575. The van der Waals surface area contributed by atoms with Crippen LogP contribution in [0.4, 0.5) is 0 Å². The first-order valence-electron chi connectivity index (χ1n) is 5.33. The number of halogens is 1. The van der Waals surface area contributed by atoms with Crippen molar-refractivity contribution in [3.8, 4) is 0 Å². The third-order valence-corrected chi connectivity index (χ3v) is 5.21. The van der Waals surface area contributed by atoms with Crippen molar-refractivity contribution < 1.29 is 13.2 Å². The van der Waals surface area contributed by atoms with Crippen LogP contribution in [0.5, 0.6) is 0 Å². The Morgan fingerprint density at radius 1 is 1.56 bits per heavy atom. The van der Waals surface area contributed by atoms with Gasteiger partial charge in [0, 0.05) is 19.3 Å². The highest BCUT2D eigenvalue weighted by atomic mass is 35.5. The lowest BCUT2D eigenvalue weighted by molar-refractivity contribution is -0.121. The van der Waals surface area contributed by atoms with Gasteiger partial charge in [0.2, 0.25) is 15.9 Å². The molecule has 1 aliphatic heterocycles. The largest absolute Gasteiger partial charge is 0.369 e. The molecule has 1 amide bonds. The molecule has 1 aromatic heterocycles. The molecule has 8 heteroatoms. The Balaban J connectivity index is 2.29. The predicted octanol–water partition coefficient (Wildman–Crippen LogP) is 0.231. The van der Waals surface area contributed by atoms with Crippen LogP contribution in [0.25, 0.3) is 0 Å². The summed E-state index contributed by atoms with van der Waals surface area (Å²) in [5.74, 6) is -0.916. The van der Waals surface area contributed by atoms with Crippen molar-refractivity contribution in [3.63, 3.8) is 0 Å². The van der Waals surface area contributed by atoms with Crippen LogP contribution in [-0.4, -0.2) is 36.7 Å². The molecule has 6 nitrogen and oxygen atoms in total. The molecule has 1 aliphatic rings. The predicted molar refractivity (Wildman–Crippen MR) is 65.3 cm³/mol. The van der Waals surface area contributed by atoms with Gasteiger partial charge in [-0.1, -0.05) is 11.6 Å². The number of nitrogens with two attached hydrogens (primary N) is 1. The Morgan fingerprint density at radius 2 is 2.28 bits per heavy atom. The average Bonchev–Trinajstić information content (AvgIpc) is 2.79. The number of carbonyl (C=O) groups is 1. The molecule has 1 aromatic rings. The molecule has 0 aromatic carbocycles. The molecule has 0 spiro atoms. The molecule has 0 aliphatic carbocycles. The van der Waals surface area contributed by atoms with Crippen molar-refractivity contribution in [3.05, 3.63) is 23.5 Å². The third-order valence-electron chi connectivity index (χ3n) is 2.90. The van der Waals surface area contributed by atoms with Crippen molar-refractivity contribution in [2.24, 2.45) is 11.7 Å². The van der Waals surface area contributed by atoms with Gasteiger partial charge in [0.05, 0.1) is 5.92 Å². The quantitative estimate of drug-likeness (QED) is 0.806. The standard InChI is InChI=1S/C10H12ClN3O3S/c11-9-8(2-1-4-13-9)18(16,17)14-5-3-7(6-14)10(12)15/h1-2,4,7H,3,5-6H2,(H2,12,15). The van der Waals surface area contributed by atoms with Crippen molar-refractivity contribution in [2.45, 2.75) is 11.3 Å². The summed E-state index contributed by atoms with van der Waals surface area (Å²) in [5, 5.41) is -0.0694. The van der Waals surface area contributed by atoms with Gasteiger partial charge in [-0.3, -0.25) is 4.79 Å². The van der Waals surface area contributed by atoms with Crippen LogP contribution in [0.2, 0.25) is 5.15 Å². The van der Waals surface area contributed by atoms with E-state index < -0.39 is 21.8 Å². The van der Waals surface area contributed by atoms with Crippen LogP contribution >= 0.6 is 11.6 Å². The van der Waals surface area contributed by atoms with Crippen molar-refractivity contribution in [2.75, 3.05) is 13.1 Å². The van der Waals surface area contributed by atoms with Crippen LogP contribution in [0.15, 0.2) is 23.2 Å². The number of primary amides is 1. The van der Waals surface area contributed by atoms with E-state index in [0.717, 1.165) is 0 Å². The molecular formula is C10H12ClN3O3S. The number of nitrogens with zero attached hydrogens (tertiary/aromatic N) is 2. The van der Waals surface area contributed by atoms with Gasteiger partial charge in [-0.05, 0) is 18.6 Å². The Labute approximate surface area is 110 Å². The summed E-state index contributed by atoms with van der Waals surface area (Å²) in [5.41, 5.74) is 5.17. The second-order valence-corrected chi connectivity index (χ2v) is 6.31. The smallest absolute Gasteiger partial charge is 0.246 e. The minimum absolute atomic E-state index is 0.0446. The molecule has 1 atom stereocenters. The number of hydrogen-bond donors (Lipinski definition) is 1. The molecule has 1 saturated heterocycles. The number of rotatable bonds is 3. The SMILES string of the molecule is NC(=O)C1CCN(S(=O)(=O)c2cccnc2Cl)C1. The van der Waals surface area contributed by atoms with E-state index in [1.165, 1.54) is 22.6 Å². The van der Waals surface area contributed by atoms with Crippen LogP contribution in [-0.2, 0) is 14.8 Å². The first-order chi connectivity index (χ1) is 8.43. The van der Waals surface area contributed by atoms with E-state index in [9.17, 15) is 13.2 Å². The van der Waals surface area contributed by atoms with E-state index in [1.54, 1.807) is 0 Å². The lowest BCUT2D eigenvalue weighted by atomic mass is 10.1. The van der Waals surface area contributed by atoms with E-state index in [0.29, 0.717) is 6.42 Å². The summed E-state index contributed by atoms with van der Waals surface area (Å²) in [6.45, 7) is 0.365. The topological polar surface area (TPSA) is 93.4 Å². The van der Waals surface area contributed by atoms with Gasteiger partial charge in [0.1, 0.15) is 10.0 Å². The lowest BCUT2D eigenvalue weighted by Crippen LogP contribution is -2.32. The second kappa shape index (κ2) is 4.83. The molecule has 2 heterocycles. The molecule has 0 saturated carbocycles. The number of carbonyl (C=O) groups excluding carboxylic acids is 1. The van der Waals surface area contributed by atoms with E-state index >= 15 is 0 Å². The molecule has 0 radical (unpaired) electrons. The van der Waals surface area contributed by atoms with E-state index in [2.05, 4.69) is 4.98 Å². The summed E-state index contributed by atoms with van der Waals surface area (Å²) in [4.78, 5) is 14.7. The second-order valence-electron chi connectivity index (χ2n) is 4.04. The minimum atomic E-state index is -3.70. The van der Waals surface area contributed by atoms with Crippen LogP contribution in [0, 0.1) is 5.92 Å². The summed E-state index contributed by atoms with van der Waals surface area (Å²) < 4.78 is 25.8. The maximum Gasteiger partial charge on any atom is 0.246 e. The molecule has 2 rings (SSSR count). The molecule has 1 unspecified atom stereocenters. The highest BCUT2D eigenvalue weighted by molar-refractivity contribution is 7.89. The van der Waals surface area contributed by atoms with Crippen LogP contribution < -0.4 is 5.73 Å². The summed E-state index contributed by atoms with van der Waals surface area (Å²) >= 11 is 5.78. The zero-order chi connectivity index (χ0) is 13.3. The van der Waals surface area contributed by atoms with Crippen molar-refractivity contribution in [1.82, 2.24) is 9.29 Å². The van der Waals surface area contributed by atoms with Gasteiger partial charge < -0.3 is 5.73 Å². The fraction of sp³-hybridized carbons (Fsp3) is 0.400. The van der Waals surface area contributed by atoms with E-state index in [-0.39, 0.29) is 23.1 Å². The number of sulfonamides is 1. The normalized spacial score (nSPS) is 21.1. The maximum atomic E-state index is 12.3. The van der Waals surface area contributed by atoms with E-state index in [4.69, 9.17) is 17.3 Å². The lowest BCUT2D eigenvalue weighted by Gasteiger charge is -2.16. The highest BCUT2D eigenvalue weighted by Gasteiger charge is 2.35. The summed E-state index contributed by atoms with van der Waals surface area (Å²) in [7, 11) is -3.70. The fourth-order valence-electron chi connectivity index (χ4n) is 1.88. The van der Waals surface area contributed by atoms with Crippen LogP contribution in [0.1, 0.15) is 6.42 Å². The number of aromatic nitrogens is 1. The summed E-state index contributed by atoms with van der Waals surface area (Å²) in [6.07, 6.45) is 1.85. The maximum absolute atomic E-state index is 12.3. The van der Waals surface area contributed by atoms with Gasteiger partial charge in [-0.15, -0.1) is 0 Å². The zero-order valence-corrected chi connectivity index (χ0v) is 11.0. The van der Waals surface area contributed by atoms with Gasteiger partial charge in [0.15, 0.2) is 0 Å². The first kappa shape index (κ1) is 13.3. The molecule has 18 heavy (non-hydrogen) atoms. The Hall–Kier alpha value is -1.18. The number of amides is 1. The average molecular weight is 290 g/mol. The third kappa shape index (κ3) is 2.33. The van der Waals surface area contributed by atoms with Gasteiger partial charge in [-0.25, -0.2) is 13.4 Å². The fourth-order valence-corrected chi connectivity index (χ4v) is 3.81. The molecule has 1 fully saturated rings. The number of pyridine rings is 1. The minimum Gasteiger partial charge on any atom is -0.369 e. The zero-order valence-electron chi connectivity index (χ0n) is 9.41. The Morgan fingerprint density at radius 3 is 2.83 bits per heavy atom. The monoisotopic (exact) mass is 289 g/mol. The molecule has 0 bridgehead atoms. The highest BCUT2D eigenvalue weighted by Crippen LogP contribution is 2.27. The van der Waals surface area contributed by atoms with Crippen molar-refractivity contribution >= 4 is 27.5 Å². The first-order valence-corrected chi connectivity index (χ1v) is 7.14. The molecule has 2 N–H and O–H groups in total. The van der Waals surface area contributed by atoms with Gasteiger partial charge in [-0.2, -0.15) is 4.31 Å². The molecular weight excluding hydrogens is 278 g/mol. The summed E-state index contributed by atoms with van der Waals surface area (Å²) in [6, 6.07) is 2.89. The van der Waals surface area contributed by atoms with Gasteiger partial charge >= 0.3 is 0 Å². The van der Waals surface area contributed by atoms with Gasteiger partial charge in [0.25, 0.3) is 0 Å². The van der Waals surface area contributed by atoms with Crippen molar-refractivity contribution in [1.29, 1.82) is 0 Å². The van der Waals surface area contributed by atoms with E-state index in [1.807, 2.05) is 0 Å². The number of hydrogen-bond acceptors (Lipinski definition) is 4. The Kier molecular flexibility index (Phi) is 3.56. The van der Waals surface area contributed by atoms with Crippen LogP contribution in [0.3, 0.4) is 0 Å². The molecule has 98 valence electrons.